The molecule has 0 fully saturated rings. The highest BCUT2D eigenvalue weighted by Crippen LogP contribution is 2.27. The Bertz CT molecular complexity index is 895. The minimum Gasteiger partial charge on any atom is -0.326 e. The summed E-state index contributed by atoms with van der Waals surface area (Å²) in [4.78, 5) is 0. The lowest BCUT2D eigenvalue weighted by atomic mass is 9.93. The fourth-order valence-electron chi connectivity index (χ4n) is 3.00. The second kappa shape index (κ2) is 8.59. The van der Waals surface area contributed by atoms with Crippen LogP contribution in [-0.2, 0) is 19.6 Å². The van der Waals surface area contributed by atoms with Crippen molar-refractivity contribution in [3.8, 4) is 0 Å². The third-order valence-electron chi connectivity index (χ3n) is 4.47. The van der Waals surface area contributed by atoms with Crippen molar-refractivity contribution >= 4 is 11.6 Å². The molecule has 0 amide bonds. The van der Waals surface area contributed by atoms with Gasteiger partial charge in [-0.15, -0.1) is 0 Å². The van der Waals surface area contributed by atoms with Crippen molar-refractivity contribution in [1.29, 1.82) is 0 Å². The van der Waals surface area contributed by atoms with E-state index in [1.165, 1.54) is 0 Å². The molecule has 0 atom stereocenters. The van der Waals surface area contributed by atoms with E-state index in [4.69, 9.17) is 17.2 Å². The fourth-order valence-corrected chi connectivity index (χ4v) is 3.00. The Labute approximate surface area is 155 Å². The maximum atomic E-state index is 5.84. The van der Waals surface area contributed by atoms with Gasteiger partial charge < -0.3 is 17.2 Å². The van der Waals surface area contributed by atoms with Crippen LogP contribution in [0, 0.1) is 0 Å². The van der Waals surface area contributed by atoms with Crippen molar-refractivity contribution in [2.75, 3.05) is 0 Å². The summed E-state index contributed by atoms with van der Waals surface area (Å²) in [5, 5.41) is 0. The second-order valence-electron chi connectivity index (χ2n) is 6.31. The summed E-state index contributed by atoms with van der Waals surface area (Å²) in [7, 11) is 0. The van der Waals surface area contributed by atoms with Crippen LogP contribution in [0.2, 0.25) is 0 Å². The Balaban J connectivity index is 2.12. The Morgan fingerprint density at radius 1 is 0.615 bits per heavy atom. The van der Waals surface area contributed by atoms with Crippen molar-refractivity contribution in [1.82, 2.24) is 0 Å². The highest BCUT2D eigenvalue weighted by atomic mass is 14.5. The molecule has 26 heavy (non-hydrogen) atoms. The molecule has 0 spiro atoms. The van der Waals surface area contributed by atoms with E-state index in [1.807, 2.05) is 18.2 Å². The summed E-state index contributed by atoms with van der Waals surface area (Å²) in [6, 6.07) is 25.1. The summed E-state index contributed by atoms with van der Waals surface area (Å²) in [6.45, 7) is 1.60. The van der Waals surface area contributed by atoms with Gasteiger partial charge in [0.2, 0.25) is 0 Å². The Morgan fingerprint density at radius 3 is 1.88 bits per heavy atom. The van der Waals surface area contributed by atoms with Gasteiger partial charge in [-0.2, -0.15) is 0 Å². The fraction of sp³-hybridized carbons (Fsp3) is 0.130. The molecule has 0 aromatic heterocycles. The van der Waals surface area contributed by atoms with Gasteiger partial charge in [0.05, 0.1) is 0 Å². The van der Waals surface area contributed by atoms with E-state index in [2.05, 4.69) is 60.7 Å². The molecule has 0 saturated heterocycles. The number of hydrogen-bond donors (Lipinski definition) is 3. The zero-order valence-electron chi connectivity index (χ0n) is 14.9. The van der Waals surface area contributed by atoms with Crippen LogP contribution < -0.4 is 17.2 Å². The van der Waals surface area contributed by atoms with Gasteiger partial charge in [0, 0.05) is 19.6 Å². The van der Waals surface area contributed by atoms with Crippen molar-refractivity contribution in [2.45, 2.75) is 19.6 Å². The van der Waals surface area contributed by atoms with E-state index in [9.17, 15) is 0 Å². The number of rotatable bonds is 6. The summed E-state index contributed by atoms with van der Waals surface area (Å²) < 4.78 is 0. The van der Waals surface area contributed by atoms with Gasteiger partial charge in [0.1, 0.15) is 0 Å². The largest absolute Gasteiger partial charge is 0.326 e. The molecule has 0 aliphatic carbocycles. The van der Waals surface area contributed by atoms with E-state index in [1.54, 1.807) is 0 Å². The van der Waals surface area contributed by atoms with Gasteiger partial charge in [-0.05, 0) is 51.1 Å². The van der Waals surface area contributed by atoms with Crippen LogP contribution in [0.4, 0.5) is 0 Å². The maximum absolute atomic E-state index is 5.84. The lowest BCUT2D eigenvalue weighted by molar-refractivity contribution is 1.07. The first-order valence-electron chi connectivity index (χ1n) is 8.83. The van der Waals surface area contributed by atoms with E-state index in [0.717, 1.165) is 39.0 Å². The molecule has 132 valence electrons. The predicted octanol–water partition coefficient (Wildman–Crippen LogP) is 3.65. The molecule has 0 saturated carbocycles. The molecular formula is C23H25N3. The lowest BCUT2D eigenvalue weighted by Gasteiger charge is -2.12. The summed E-state index contributed by atoms with van der Waals surface area (Å²) in [6.07, 6.45) is 2.20. The first kappa shape index (κ1) is 18.1. The SMILES string of the molecule is NCc1ccc(C(=Cc2cccc(CN)c2)c2cccc(CN)c2)cc1. The molecular weight excluding hydrogens is 318 g/mol. The minimum atomic E-state index is 0.524. The molecule has 0 unspecified atom stereocenters. The van der Waals surface area contributed by atoms with Gasteiger partial charge >= 0.3 is 0 Å². The van der Waals surface area contributed by atoms with Crippen molar-refractivity contribution in [3.63, 3.8) is 0 Å². The second-order valence-corrected chi connectivity index (χ2v) is 6.31. The van der Waals surface area contributed by atoms with Crippen LogP contribution in [-0.4, -0.2) is 0 Å². The first-order chi connectivity index (χ1) is 12.7. The average molecular weight is 343 g/mol. The van der Waals surface area contributed by atoms with Crippen LogP contribution >= 0.6 is 0 Å². The predicted molar refractivity (Wildman–Crippen MR) is 110 cm³/mol. The molecule has 3 rings (SSSR count). The molecule has 0 radical (unpaired) electrons. The third kappa shape index (κ3) is 4.27. The van der Waals surface area contributed by atoms with Gasteiger partial charge in [-0.3, -0.25) is 0 Å². The Hall–Kier alpha value is -2.72. The molecule has 3 nitrogen and oxygen atoms in total. The molecule has 0 aliphatic rings. The van der Waals surface area contributed by atoms with E-state index in [-0.39, 0.29) is 0 Å². The van der Waals surface area contributed by atoms with Crippen LogP contribution in [0.5, 0.6) is 0 Å². The molecule has 3 aromatic rings. The van der Waals surface area contributed by atoms with Gasteiger partial charge in [-0.25, -0.2) is 0 Å². The Kier molecular flexibility index (Phi) is 5.97. The molecule has 0 aliphatic heterocycles. The van der Waals surface area contributed by atoms with E-state index >= 15 is 0 Å². The molecule has 6 N–H and O–H groups in total. The number of hydrogen-bond acceptors (Lipinski definition) is 3. The van der Waals surface area contributed by atoms with Crippen LogP contribution in [0.25, 0.3) is 11.6 Å². The van der Waals surface area contributed by atoms with Crippen molar-refractivity contribution in [2.24, 2.45) is 17.2 Å². The zero-order chi connectivity index (χ0) is 18.4. The minimum absolute atomic E-state index is 0.524. The molecule has 3 aromatic carbocycles. The van der Waals surface area contributed by atoms with Crippen LogP contribution in [0.15, 0.2) is 72.8 Å². The smallest absolute Gasteiger partial charge is 0.0178 e. The van der Waals surface area contributed by atoms with E-state index < -0.39 is 0 Å². The van der Waals surface area contributed by atoms with Gasteiger partial charge in [-0.1, -0.05) is 66.7 Å². The summed E-state index contributed by atoms with van der Waals surface area (Å²) in [5.74, 6) is 0. The maximum Gasteiger partial charge on any atom is 0.0178 e. The quantitative estimate of drug-likeness (QED) is 0.598. The number of benzene rings is 3. The summed E-state index contributed by atoms with van der Waals surface area (Å²) >= 11 is 0. The van der Waals surface area contributed by atoms with Gasteiger partial charge in [0.15, 0.2) is 0 Å². The standard InChI is InChI=1S/C23H25N3/c24-14-17-7-9-21(10-8-17)23(22-6-2-5-20(12-22)16-26)13-18-3-1-4-19(11-18)15-25/h1-13H,14-16,24-26H2. The zero-order valence-corrected chi connectivity index (χ0v) is 14.9. The van der Waals surface area contributed by atoms with Gasteiger partial charge in [0.25, 0.3) is 0 Å². The molecule has 0 heterocycles. The highest BCUT2D eigenvalue weighted by molar-refractivity contribution is 5.91. The van der Waals surface area contributed by atoms with E-state index in [0.29, 0.717) is 19.6 Å². The first-order valence-corrected chi connectivity index (χ1v) is 8.83. The lowest BCUT2D eigenvalue weighted by Crippen LogP contribution is -1.99. The highest BCUT2D eigenvalue weighted by Gasteiger charge is 2.07. The third-order valence-corrected chi connectivity index (χ3v) is 4.47. The summed E-state index contributed by atoms with van der Waals surface area (Å²) in [5.41, 5.74) is 25.3. The average Bonchev–Trinajstić information content (AvgIpc) is 2.72. The normalized spacial score (nSPS) is 11.6. The van der Waals surface area contributed by atoms with Crippen LogP contribution in [0.1, 0.15) is 33.4 Å². The molecule has 3 heteroatoms. The number of nitrogens with two attached hydrogens (primary N) is 3. The van der Waals surface area contributed by atoms with Crippen molar-refractivity contribution in [3.05, 3.63) is 106 Å². The Morgan fingerprint density at radius 2 is 1.23 bits per heavy atom. The van der Waals surface area contributed by atoms with Crippen LogP contribution in [0.3, 0.4) is 0 Å². The molecule has 0 bridgehead atoms. The monoisotopic (exact) mass is 343 g/mol. The topological polar surface area (TPSA) is 78.1 Å². The van der Waals surface area contributed by atoms with Crippen molar-refractivity contribution < 1.29 is 0 Å².